The van der Waals surface area contributed by atoms with Gasteiger partial charge < -0.3 is 35.1 Å². The maximum atomic E-state index is 13.4. The summed E-state index contributed by atoms with van der Waals surface area (Å²) in [5.41, 5.74) is 3.52. The van der Waals surface area contributed by atoms with Crippen molar-refractivity contribution in [2.45, 2.75) is 18.4 Å². The number of nitrogens with one attached hydrogen (secondary N) is 4. The zero-order chi connectivity index (χ0) is 25.8. The van der Waals surface area contributed by atoms with E-state index in [-0.39, 0.29) is 24.3 Å². The zero-order valence-electron chi connectivity index (χ0n) is 20.4. The van der Waals surface area contributed by atoms with Crippen molar-refractivity contribution in [3.8, 4) is 22.8 Å². The molecular formula is C26H29ClFN5O4. The summed E-state index contributed by atoms with van der Waals surface area (Å²) in [6.07, 6.45) is 3.58. The number of methoxy groups -OCH3 is 1. The third-order valence-corrected chi connectivity index (χ3v) is 6.85. The molecule has 1 saturated heterocycles. The quantitative estimate of drug-likeness (QED) is 0.331. The summed E-state index contributed by atoms with van der Waals surface area (Å²) in [5, 5.41) is 10.1. The van der Waals surface area contributed by atoms with Crippen molar-refractivity contribution >= 4 is 28.9 Å². The molecule has 2 atom stereocenters. The molecule has 11 heteroatoms. The molecule has 0 bridgehead atoms. The van der Waals surface area contributed by atoms with Crippen molar-refractivity contribution in [1.82, 2.24) is 20.6 Å². The van der Waals surface area contributed by atoms with Crippen molar-refractivity contribution in [2.24, 2.45) is 0 Å². The number of morpholine rings is 1. The van der Waals surface area contributed by atoms with Gasteiger partial charge in [0.05, 0.1) is 66.9 Å². The van der Waals surface area contributed by atoms with Gasteiger partial charge in [0.2, 0.25) is 0 Å². The Morgan fingerprint density at radius 1 is 1.32 bits per heavy atom. The zero-order valence-corrected chi connectivity index (χ0v) is 21.2. The monoisotopic (exact) mass is 529 g/mol. The summed E-state index contributed by atoms with van der Waals surface area (Å²) in [7, 11) is 1.53. The van der Waals surface area contributed by atoms with Crippen LogP contribution in [0.5, 0.6) is 11.5 Å². The lowest BCUT2D eigenvalue weighted by Gasteiger charge is -2.24. The van der Waals surface area contributed by atoms with Crippen LogP contribution >= 0.6 is 11.6 Å². The molecule has 0 saturated carbocycles. The fraction of sp³-hybridized carbons (Fsp3) is 0.385. The Bertz CT molecular complexity index is 1260. The SMILES string of the molecule is COc1c(Cl)cccc1Nc1c(-c2ccncc2OC[C@@H]2COCCN2)[nH]c2c1C(=O)NCC2CCF. The summed E-state index contributed by atoms with van der Waals surface area (Å²) in [5.74, 6) is 0.521. The van der Waals surface area contributed by atoms with Crippen molar-refractivity contribution in [1.29, 1.82) is 0 Å². The van der Waals surface area contributed by atoms with Crippen molar-refractivity contribution in [3.05, 3.63) is 52.9 Å². The number of ether oxygens (including phenoxy) is 3. The maximum Gasteiger partial charge on any atom is 0.255 e. The second-order valence-electron chi connectivity index (χ2n) is 8.90. The minimum Gasteiger partial charge on any atom is -0.493 e. The van der Waals surface area contributed by atoms with E-state index in [0.29, 0.717) is 76.8 Å². The van der Waals surface area contributed by atoms with E-state index >= 15 is 0 Å². The number of pyridine rings is 1. The van der Waals surface area contributed by atoms with Crippen molar-refractivity contribution in [2.75, 3.05) is 52.0 Å². The Morgan fingerprint density at radius 3 is 3.00 bits per heavy atom. The number of para-hydroxylation sites is 1. The van der Waals surface area contributed by atoms with Crippen LogP contribution < -0.4 is 25.4 Å². The maximum absolute atomic E-state index is 13.4. The Labute approximate surface area is 219 Å². The number of aromatic nitrogens is 2. The van der Waals surface area contributed by atoms with Gasteiger partial charge in [-0.3, -0.25) is 14.2 Å². The third kappa shape index (κ3) is 5.22. The highest BCUT2D eigenvalue weighted by Gasteiger charge is 2.33. The first kappa shape index (κ1) is 25.3. The first-order valence-electron chi connectivity index (χ1n) is 12.2. The van der Waals surface area contributed by atoms with E-state index in [4.69, 9.17) is 25.8 Å². The van der Waals surface area contributed by atoms with Gasteiger partial charge in [0.25, 0.3) is 5.91 Å². The number of anilines is 2. The van der Waals surface area contributed by atoms with Crippen LogP contribution in [0.4, 0.5) is 15.8 Å². The van der Waals surface area contributed by atoms with Gasteiger partial charge in [-0.1, -0.05) is 17.7 Å². The summed E-state index contributed by atoms with van der Waals surface area (Å²) >= 11 is 6.37. The number of benzene rings is 1. The van der Waals surface area contributed by atoms with Gasteiger partial charge >= 0.3 is 0 Å². The highest BCUT2D eigenvalue weighted by atomic mass is 35.5. The smallest absolute Gasteiger partial charge is 0.255 e. The Morgan fingerprint density at radius 2 is 2.22 bits per heavy atom. The van der Waals surface area contributed by atoms with Crippen LogP contribution in [0.3, 0.4) is 0 Å². The fourth-order valence-electron chi connectivity index (χ4n) is 4.74. The first-order chi connectivity index (χ1) is 18.1. The Kier molecular flexibility index (Phi) is 7.78. The lowest BCUT2D eigenvalue weighted by molar-refractivity contribution is 0.0593. The average Bonchev–Trinajstić information content (AvgIpc) is 3.30. The summed E-state index contributed by atoms with van der Waals surface area (Å²) in [6.45, 7) is 2.22. The largest absolute Gasteiger partial charge is 0.493 e. The molecule has 1 unspecified atom stereocenters. The number of carbonyl (C=O) groups excluding carboxylic acids is 1. The summed E-state index contributed by atoms with van der Waals surface area (Å²) < 4.78 is 30.6. The van der Waals surface area contributed by atoms with Crippen LogP contribution in [0.25, 0.3) is 11.3 Å². The molecule has 9 nitrogen and oxygen atoms in total. The number of H-pyrrole nitrogens is 1. The molecule has 2 aliphatic rings. The van der Waals surface area contributed by atoms with E-state index < -0.39 is 6.67 Å². The molecule has 4 heterocycles. The van der Waals surface area contributed by atoms with Crippen LogP contribution in [0.2, 0.25) is 5.02 Å². The molecule has 2 aromatic heterocycles. The molecule has 1 amide bonds. The van der Waals surface area contributed by atoms with Gasteiger partial charge in [0.1, 0.15) is 12.4 Å². The molecule has 0 spiro atoms. The Hall–Kier alpha value is -3.34. The molecule has 1 aromatic carbocycles. The van der Waals surface area contributed by atoms with Crippen LogP contribution in [-0.2, 0) is 4.74 Å². The number of hydrogen-bond acceptors (Lipinski definition) is 7. The van der Waals surface area contributed by atoms with Crippen LogP contribution in [0.15, 0.2) is 36.7 Å². The van der Waals surface area contributed by atoms with Gasteiger partial charge in [-0.15, -0.1) is 0 Å². The number of carbonyl (C=O) groups is 1. The molecule has 4 N–H and O–H groups in total. The predicted molar refractivity (Wildman–Crippen MR) is 139 cm³/mol. The van der Waals surface area contributed by atoms with E-state index in [1.54, 1.807) is 24.5 Å². The molecule has 37 heavy (non-hydrogen) atoms. The van der Waals surface area contributed by atoms with Gasteiger partial charge in [0.15, 0.2) is 5.75 Å². The number of hydrogen-bond donors (Lipinski definition) is 4. The second-order valence-corrected chi connectivity index (χ2v) is 9.31. The van der Waals surface area contributed by atoms with E-state index in [0.717, 1.165) is 6.54 Å². The summed E-state index contributed by atoms with van der Waals surface area (Å²) in [4.78, 5) is 20.8. The number of nitrogens with zero attached hydrogens (tertiary/aromatic N) is 1. The number of rotatable bonds is 9. The van der Waals surface area contributed by atoms with Gasteiger partial charge in [-0.25, -0.2) is 0 Å². The van der Waals surface area contributed by atoms with Crippen LogP contribution in [0, 0.1) is 0 Å². The standard InChI is InChI=1S/C26H29ClFN5O4/c1-35-25-18(27)3-2-4-19(25)32-24-21-22(15(5-7-28)11-31-26(21)34)33-23(24)17-6-8-29-12-20(17)37-14-16-13-36-10-9-30-16/h2-4,6,8,12,15-16,30,32-33H,5,7,9-11,13-14H2,1H3,(H,31,34)/t15?,16-/m0/s1. The highest BCUT2D eigenvalue weighted by Crippen LogP contribution is 2.44. The van der Waals surface area contributed by atoms with Gasteiger partial charge in [0, 0.05) is 36.5 Å². The Balaban J connectivity index is 1.60. The molecule has 3 aromatic rings. The lowest BCUT2D eigenvalue weighted by atomic mass is 9.94. The minimum atomic E-state index is -0.501. The minimum absolute atomic E-state index is 0.0479. The number of alkyl halides is 1. The topological polar surface area (TPSA) is 110 Å². The van der Waals surface area contributed by atoms with Crippen LogP contribution in [0.1, 0.15) is 28.4 Å². The number of amides is 1. The van der Waals surface area contributed by atoms with E-state index in [1.807, 2.05) is 12.1 Å². The van der Waals surface area contributed by atoms with Crippen molar-refractivity contribution < 1.29 is 23.4 Å². The highest BCUT2D eigenvalue weighted by molar-refractivity contribution is 6.32. The second kappa shape index (κ2) is 11.4. The molecule has 5 rings (SSSR count). The molecule has 0 aliphatic carbocycles. The first-order valence-corrected chi connectivity index (χ1v) is 12.6. The molecule has 196 valence electrons. The lowest BCUT2D eigenvalue weighted by Crippen LogP contribution is -2.44. The summed E-state index contributed by atoms with van der Waals surface area (Å²) in [6, 6.07) is 7.19. The predicted octanol–water partition coefficient (Wildman–Crippen LogP) is 4.04. The number of fused-ring (bicyclic) bond motifs is 1. The van der Waals surface area contributed by atoms with Crippen LogP contribution in [-0.4, -0.2) is 68.6 Å². The van der Waals surface area contributed by atoms with Crippen molar-refractivity contribution in [3.63, 3.8) is 0 Å². The van der Waals surface area contributed by atoms with Gasteiger partial charge in [-0.05, 0) is 24.6 Å². The van der Waals surface area contributed by atoms with E-state index in [2.05, 4.69) is 25.9 Å². The van der Waals surface area contributed by atoms with E-state index in [1.165, 1.54) is 7.11 Å². The fourth-order valence-corrected chi connectivity index (χ4v) is 4.99. The number of aromatic amines is 1. The molecular weight excluding hydrogens is 501 g/mol. The van der Waals surface area contributed by atoms with Gasteiger partial charge in [-0.2, -0.15) is 0 Å². The molecule has 1 fully saturated rings. The average molecular weight is 530 g/mol. The molecule has 0 radical (unpaired) electrons. The normalized spacial score (nSPS) is 19.2. The van der Waals surface area contributed by atoms with E-state index in [9.17, 15) is 9.18 Å². The molecule has 2 aliphatic heterocycles. The third-order valence-electron chi connectivity index (χ3n) is 6.55. The number of halogens is 2.